The summed E-state index contributed by atoms with van der Waals surface area (Å²) >= 11 is 1.42. The van der Waals surface area contributed by atoms with Crippen LogP contribution < -0.4 is 10.9 Å². The average molecular weight is 389 g/mol. The summed E-state index contributed by atoms with van der Waals surface area (Å²) < 4.78 is 0. The van der Waals surface area contributed by atoms with E-state index in [4.69, 9.17) is 0 Å². The zero-order chi connectivity index (χ0) is 18.9. The van der Waals surface area contributed by atoms with Crippen molar-refractivity contribution in [3.05, 3.63) is 64.3 Å². The summed E-state index contributed by atoms with van der Waals surface area (Å²) in [4.78, 5) is 36.6. The number of nitrogens with zero attached hydrogens (tertiary/aromatic N) is 4. The number of pyridine rings is 2. The van der Waals surface area contributed by atoms with Gasteiger partial charge in [-0.2, -0.15) is 0 Å². The van der Waals surface area contributed by atoms with Crippen molar-refractivity contribution in [1.82, 2.24) is 29.9 Å². The zero-order valence-electron chi connectivity index (χ0n) is 14.6. The molecule has 0 aliphatic heterocycles. The van der Waals surface area contributed by atoms with Crippen molar-refractivity contribution < 1.29 is 0 Å². The van der Waals surface area contributed by atoms with E-state index in [0.29, 0.717) is 29.3 Å². The molecule has 28 heavy (non-hydrogen) atoms. The van der Waals surface area contributed by atoms with Gasteiger partial charge in [-0.15, -0.1) is 11.3 Å². The SMILES string of the molecule is O=c1[nH]cccc1-c1nc(NCCc2c[nH]c3cccnc23)c2ncsc2n1. The first kappa shape index (κ1) is 16.6. The first-order valence-electron chi connectivity index (χ1n) is 8.74. The Hall–Kier alpha value is -3.59. The second-order valence-electron chi connectivity index (χ2n) is 6.21. The number of anilines is 1. The molecule has 0 saturated carbocycles. The molecule has 0 fully saturated rings. The van der Waals surface area contributed by atoms with Crippen LogP contribution in [0.4, 0.5) is 5.82 Å². The van der Waals surface area contributed by atoms with Crippen LogP contribution in [0.5, 0.6) is 0 Å². The van der Waals surface area contributed by atoms with Crippen LogP contribution in [0.3, 0.4) is 0 Å². The minimum Gasteiger partial charge on any atom is -0.368 e. The van der Waals surface area contributed by atoms with E-state index in [1.165, 1.54) is 11.3 Å². The highest BCUT2D eigenvalue weighted by molar-refractivity contribution is 7.16. The van der Waals surface area contributed by atoms with Crippen molar-refractivity contribution in [2.24, 2.45) is 0 Å². The highest BCUT2D eigenvalue weighted by atomic mass is 32.1. The molecule has 0 aliphatic carbocycles. The lowest BCUT2D eigenvalue weighted by Crippen LogP contribution is -2.11. The van der Waals surface area contributed by atoms with Gasteiger partial charge in [-0.1, -0.05) is 0 Å². The van der Waals surface area contributed by atoms with Crippen molar-refractivity contribution in [2.45, 2.75) is 6.42 Å². The molecule has 9 heteroatoms. The molecule has 5 heterocycles. The van der Waals surface area contributed by atoms with E-state index < -0.39 is 0 Å². The normalized spacial score (nSPS) is 11.3. The zero-order valence-corrected chi connectivity index (χ0v) is 15.5. The van der Waals surface area contributed by atoms with Crippen molar-refractivity contribution >= 4 is 38.5 Å². The lowest BCUT2D eigenvalue weighted by Gasteiger charge is -2.08. The number of hydrogen-bond donors (Lipinski definition) is 3. The second kappa shape index (κ2) is 6.86. The third-order valence-electron chi connectivity index (χ3n) is 4.46. The molecule has 3 N–H and O–H groups in total. The largest absolute Gasteiger partial charge is 0.368 e. The summed E-state index contributed by atoms with van der Waals surface area (Å²) in [7, 11) is 0. The minimum absolute atomic E-state index is 0.220. The fourth-order valence-corrected chi connectivity index (χ4v) is 3.78. The van der Waals surface area contributed by atoms with Crippen molar-refractivity contribution in [1.29, 1.82) is 0 Å². The van der Waals surface area contributed by atoms with Gasteiger partial charge >= 0.3 is 0 Å². The molecule has 138 valence electrons. The van der Waals surface area contributed by atoms with Gasteiger partial charge in [-0.25, -0.2) is 15.0 Å². The van der Waals surface area contributed by atoms with Gasteiger partial charge in [0, 0.05) is 25.1 Å². The number of nitrogens with one attached hydrogen (secondary N) is 3. The molecule has 0 radical (unpaired) electrons. The minimum atomic E-state index is -0.220. The fraction of sp³-hybridized carbons (Fsp3) is 0.105. The lowest BCUT2D eigenvalue weighted by atomic mass is 10.2. The Balaban J connectivity index is 1.44. The third-order valence-corrected chi connectivity index (χ3v) is 5.18. The van der Waals surface area contributed by atoms with Crippen LogP contribution in [0.25, 0.3) is 32.8 Å². The Morgan fingerprint density at radius 3 is 2.96 bits per heavy atom. The summed E-state index contributed by atoms with van der Waals surface area (Å²) in [5.41, 5.74) is 5.77. The summed E-state index contributed by atoms with van der Waals surface area (Å²) in [5, 5.41) is 3.35. The van der Waals surface area contributed by atoms with Gasteiger partial charge in [0.25, 0.3) is 5.56 Å². The van der Waals surface area contributed by atoms with Gasteiger partial charge in [-0.05, 0) is 36.2 Å². The maximum Gasteiger partial charge on any atom is 0.259 e. The quantitative estimate of drug-likeness (QED) is 0.426. The molecular weight excluding hydrogens is 374 g/mol. The van der Waals surface area contributed by atoms with E-state index in [1.807, 2.05) is 18.3 Å². The molecule has 0 spiro atoms. The number of hydrogen-bond acceptors (Lipinski definition) is 7. The Labute approximate surface area is 162 Å². The highest BCUT2D eigenvalue weighted by Gasteiger charge is 2.14. The number of H-pyrrole nitrogens is 2. The monoisotopic (exact) mass is 389 g/mol. The molecule has 8 nitrogen and oxygen atoms in total. The maximum absolute atomic E-state index is 12.1. The number of aromatic nitrogens is 6. The van der Waals surface area contributed by atoms with E-state index in [-0.39, 0.29) is 5.56 Å². The Morgan fingerprint density at radius 1 is 1.07 bits per heavy atom. The molecule has 0 aliphatic rings. The number of aromatic amines is 2. The van der Waals surface area contributed by atoms with E-state index in [0.717, 1.165) is 27.8 Å². The van der Waals surface area contributed by atoms with Crippen LogP contribution in [0.2, 0.25) is 0 Å². The summed E-state index contributed by atoms with van der Waals surface area (Å²) in [5.74, 6) is 1.01. The number of thiazole rings is 1. The van der Waals surface area contributed by atoms with Crippen LogP contribution in [0.15, 0.2) is 53.2 Å². The van der Waals surface area contributed by atoms with Gasteiger partial charge < -0.3 is 15.3 Å². The predicted octanol–water partition coefficient (Wildman–Crippen LogP) is 2.97. The van der Waals surface area contributed by atoms with Crippen molar-refractivity contribution in [3.8, 4) is 11.4 Å². The predicted molar refractivity (Wildman–Crippen MR) is 110 cm³/mol. The smallest absolute Gasteiger partial charge is 0.259 e. The van der Waals surface area contributed by atoms with E-state index >= 15 is 0 Å². The van der Waals surface area contributed by atoms with Crippen LogP contribution in [0, 0.1) is 0 Å². The molecule has 0 amide bonds. The fourth-order valence-electron chi connectivity index (χ4n) is 3.12. The van der Waals surface area contributed by atoms with Crippen molar-refractivity contribution in [3.63, 3.8) is 0 Å². The standard InChI is InChI=1S/C19H15N7OS/c27-18-12(3-1-7-22-18)16-25-17(15-19(26-16)28-10-24-15)21-8-5-11-9-23-13-4-2-6-20-14(11)13/h1-4,6-7,9-10,23H,5,8H2,(H,22,27)(H,21,25,26). The second-order valence-corrected chi connectivity index (χ2v) is 7.04. The first-order valence-corrected chi connectivity index (χ1v) is 9.62. The summed E-state index contributed by atoms with van der Waals surface area (Å²) in [6.45, 7) is 0.651. The Bertz CT molecular complexity index is 1340. The molecule has 0 aromatic carbocycles. The average Bonchev–Trinajstić information content (AvgIpc) is 3.35. The van der Waals surface area contributed by atoms with Gasteiger partial charge in [-0.3, -0.25) is 9.78 Å². The summed E-state index contributed by atoms with van der Waals surface area (Å²) in [6, 6.07) is 7.39. The number of rotatable bonds is 5. The van der Waals surface area contributed by atoms with Crippen LogP contribution in [-0.2, 0) is 6.42 Å². The van der Waals surface area contributed by atoms with Gasteiger partial charge in [0.15, 0.2) is 11.6 Å². The van der Waals surface area contributed by atoms with Gasteiger partial charge in [0.05, 0.1) is 22.1 Å². The number of fused-ring (bicyclic) bond motifs is 2. The summed E-state index contributed by atoms with van der Waals surface area (Å²) in [6.07, 6.45) is 6.13. The Morgan fingerprint density at radius 2 is 2.04 bits per heavy atom. The topological polar surface area (TPSA) is 112 Å². The van der Waals surface area contributed by atoms with Crippen LogP contribution in [-0.4, -0.2) is 36.4 Å². The van der Waals surface area contributed by atoms with E-state index in [1.54, 1.807) is 30.0 Å². The van der Waals surface area contributed by atoms with Gasteiger partial charge in [0.2, 0.25) is 0 Å². The van der Waals surface area contributed by atoms with Crippen LogP contribution >= 0.6 is 11.3 Å². The lowest BCUT2D eigenvalue weighted by molar-refractivity contribution is 1.01. The molecule has 0 saturated heterocycles. The molecular formula is C19H15N7OS. The van der Waals surface area contributed by atoms with Crippen LogP contribution in [0.1, 0.15) is 5.56 Å². The van der Waals surface area contributed by atoms with Crippen molar-refractivity contribution in [2.75, 3.05) is 11.9 Å². The van der Waals surface area contributed by atoms with E-state index in [9.17, 15) is 4.79 Å². The first-order chi connectivity index (χ1) is 13.8. The maximum atomic E-state index is 12.1. The molecule has 0 bridgehead atoms. The highest BCUT2D eigenvalue weighted by Crippen LogP contribution is 2.25. The molecule has 0 unspecified atom stereocenters. The van der Waals surface area contributed by atoms with Gasteiger partial charge in [0.1, 0.15) is 10.3 Å². The molecule has 5 aromatic heterocycles. The molecule has 0 atom stereocenters. The third kappa shape index (κ3) is 2.91. The molecule has 5 rings (SSSR count). The molecule has 5 aromatic rings. The van der Waals surface area contributed by atoms with E-state index in [2.05, 4.69) is 35.2 Å². The Kier molecular flexibility index (Phi) is 4.06.